The van der Waals surface area contributed by atoms with Crippen molar-refractivity contribution in [2.75, 3.05) is 13.7 Å². The van der Waals surface area contributed by atoms with E-state index in [2.05, 4.69) is 6.07 Å². The molecule has 2 unspecified atom stereocenters. The lowest BCUT2D eigenvalue weighted by Gasteiger charge is -2.31. The number of rotatable bonds is 3. The van der Waals surface area contributed by atoms with Crippen LogP contribution in [0, 0.1) is 0 Å². The Morgan fingerprint density at radius 3 is 2.57 bits per heavy atom. The summed E-state index contributed by atoms with van der Waals surface area (Å²) in [4.78, 5) is 0. The molecule has 0 amide bonds. The number of ether oxygens (including phenoxy) is 3. The maximum absolute atomic E-state index is 6.37. The van der Waals surface area contributed by atoms with E-state index in [0.29, 0.717) is 6.61 Å². The summed E-state index contributed by atoms with van der Waals surface area (Å²) in [6.45, 7) is 4.45. The number of hydrogen-bond donors (Lipinski definition) is 0. The number of alkyl halides is 1. The lowest BCUT2D eigenvalue weighted by Crippen LogP contribution is -2.36. The molecule has 2 aromatic rings. The first kappa shape index (κ1) is 14.6. The molecule has 1 aliphatic heterocycles. The first-order chi connectivity index (χ1) is 10.0. The van der Waals surface area contributed by atoms with Crippen molar-refractivity contribution in [2.24, 2.45) is 0 Å². The molecule has 0 aromatic heterocycles. The van der Waals surface area contributed by atoms with Gasteiger partial charge in [0.05, 0.1) is 25.2 Å². The van der Waals surface area contributed by atoms with Crippen LogP contribution < -0.4 is 4.74 Å². The average Bonchev–Trinajstić information content (AvgIpc) is 2.89. The second-order valence-corrected chi connectivity index (χ2v) is 6.11. The van der Waals surface area contributed by atoms with Crippen molar-refractivity contribution in [1.82, 2.24) is 0 Å². The second-order valence-electron chi connectivity index (χ2n) is 5.45. The number of halogens is 1. The average molecular weight is 307 g/mol. The number of hydrogen-bond acceptors (Lipinski definition) is 3. The number of fused-ring (bicyclic) bond motifs is 1. The monoisotopic (exact) mass is 306 g/mol. The summed E-state index contributed by atoms with van der Waals surface area (Å²) in [5, 5.41) is 1.94. The maximum atomic E-state index is 6.37. The molecule has 4 heteroatoms. The van der Waals surface area contributed by atoms with Crippen molar-refractivity contribution in [2.45, 2.75) is 31.1 Å². The third-order valence-electron chi connectivity index (χ3n) is 3.88. The zero-order valence-corrected chi connectivity index (χ0v) is 13.2. The van der Waals surface area contributed by atoms with Crippen LogP contribution in [0.2, 0.25) is 0 Å². The Bertz CT molecular complexity index is 656. The topological polar surface area (TPSA) is 27.7 Å². The molecule has 3 nitrogen and oxygen atoms in total. The summed E-state index contributed by atoms with van der Waals surface area (Å²) < 4.78 is 17.2. The van der Waals surface area contributed by atoms with Gasteiger partial charge in [-0.1, -0.05) is 18.2 Å². The van der Waals surface area contributed by atoms with Gasteiger partial charge in [-0.3, -0.25) is 0 Å². The Morgan fingerprint density at radius 1 is 1.24 bits per heavy atom. The highest BCUT2D eigenvalue weighted by Crippen LogP contribution is 2.40. The first-order valence-corrected chi connectivity index (χ1v) is 7.53. The van der Waals surface area contributed by atoms with E-state index in [1.165, 1.54) is 0 Å². The summed E-state index contributed by atoms with van der Waals surface area (Å²) in [5.74, 6) is -0.0209. The molecule has 2 aromatic carbocycles. The fourth-order valence-corrected chi connectivity index (χ4v) is 3.01. The van der Waals surface area contributed by atoms with E-state index in [0.717, 1.165) is 22.1 Å². The lowest BCUT2D eigenvalue weighted by atomic mass is 9.98. The zero-order chi connectivity index (χ0) is 15.0. The summed E-state index contributed by atoms with van der Waals surface area (Å²) in [6, 6.07) is 12.1. The quantitative estimate of drug-likeness (QED) is 0.800. The smallest absolute Gasteiger partial charge is 0.211 e. The Balaban J connectivity index is 2.07. The van der Waals surface area contributed by atoms with E-state index in [1.54, 1.807) is 7.11 Å². The minimum absolute atomic E-state index is 0.0396. The maximum Gasteiger partial charge on any atom is 0.211 e. The summed E-state index contributed by atoms with van der Waals surface area (Å²) >= 11 is 6.37. The van der Waals surface area contributed by atoms with Gasteiger partial charge in [0.1, 0.15) is 5.75 Å². The molecule has 0 spiro atoms. The third-order valence-corrected chi connectivity index (χ3v) is 4.17. The Morgan fingerprint density at radius 2 is 1.95 bits per heavy atom. The number of benzene rings is 2. The van der Waals surface area contributed by atoms with Crippen LogP contribution in [0.3, 0.4) is 0 Å². The van der Waals surface area contributed by atoms with Gasteiger partial charge in [-0.2, -0.15) is 0 Å². The fraction of sp³-hybridized carbons (Fsp3) is 0.412. The van der Waals surface area contributed by atoms with E-state index in [4.69, 9.17) is 25.8 Å². The van der Waals surface area contributed by atoms with E-state index in [1.807, 2.05) is 44.2 Å². The largest absolute Gasteiger partial charge is 0.497 e. The van der Waals surface area contributed by atoms with E-state index < -0.39 is 5.79 Å². The third kappa shape index (κ3) is 2.50. The number of methoxy groups -OCH3 is 1. The van der Waals surface area contributed by atoms with Gasteiger partial charge in [-0.05, 0) is 42.8 Å². The lowest BCUT2D eigenvalue weighted by molar-refractivity contribution is -0.173. The molecular formula is C17H19ClO3. The Kier molecular flexibility index (Phi) is 3.82. The molecule has 3 rings (SSSR count). The van der Waals surface area contributed by atoms with Crippen LogP contribution in [0.1, 0.15) is 19.4 Å². The van der Waals surface area contributed by atoms with Crippen molar-refractivity contribution < 1.29 is 14.2 Å². The predicted molar refractivity (Wildman–Crippen MR) is 84.0 cm³/mol. The molecule has 0 N–H and O–H groups in total. The Hall–Kier alpha value is -1.29. The van der Waals surface area contributed by atoms with Gasteiger partial charge in [0.25, 0.3) is 0 Å². The van der Waals surface area contributed by atoms with Crippen LogP contribution >= 0.6 is 11.6 Å². The van der Waals surface area contributed by atoms with Gasteiger partial charge in [0.15, 0.2) is 0 Å². The van der Waals surface area contributed by atoms with Crippen LogP contribution in [0.25, 0.3) is 10.8 Å². The molecule has 3 atom stereocenters. The van der Waals surface area contributed by atoms with E-state index >= 15 is 0 Å². The molecule has 1 saturated heterocycles. The molecule has 21 heavy (non-hydrogen) atoms. The molecule has 0 saturated carbocycles. The zero-order valence-electron chi connectivity index (χ0n) is 12.4. The molecular weight excluding hydrogens is 288 g/mol. The van der Waals surface area contributed by atoms with Crippen molar-refractivity contribution >= 4 is 22.4 Å². The van der Waals surface area contributed by atoms with Crippen molar-refractivity contribution in [3.8, 4) is 5.75 Å². The van der Waals surface area contributed by atoms with Crippen molar-refractivity contribution in [3.05, 3.63) is 42.0 Å². The predicted octanol–water partition coefficient (Wildman–Crippen LogP) is 4.06. The van der Waals surface area contributed by atoms with Gasteiger partial charge < -0.3 is 14.2 Å². The van der Waals surface area contributed by atoms with Gasteiger partial charge in [-0.25, -0.2) is 0 Å². The molecule has 1 aliphatic rings. The highest BCUT2D eigenvalue weighted by molar-refractivity contribution is 6.21. The van der Waals surface area contributed by atoms with Crippen LogP contribution in [0.15, 0.2) is 36.4 Å². The van der Waals surface area contributed by atoms with Crippen LogP contribution in [-0.2, 0) is 15.3 Å². The standard InChI is InChI=1S/C17H19ClO3/c1-11-10-20-17(21-11,12(2)18)15-6-4-14-9-16(19-3)7-5-13(14)8-15/h4-9,11-12H,10H2,1-3H3/t11?,12?,17-/m1/s1. The second kappa shape index (κ2) is 5.48. The molecule has 0 radical (unpaired) electrons. The van der Waals surface area contributed by atoms with E-state index in [9.17, 15) is 0 Å². The van der Waals surface area contributed by atoms with Crippen molar-refractivity contribution in [3.63, 3.8) is 0 Å². The summed E-state index contributed by atoms with van der Waals surface area (Å²) in [6.07, 6.45) is 0.0396. The molecule has 1 fully saturated rings. The normalized spacial score (nSPS) is 27.0. The van der Waals surface area contributed by atoms with Crippen LogP contribution in [-0.4, -0.2) is 25.2 Å². The van der Waals surface area contributed by atoms with Gasteiger partial charge in [0.2, 0.25) is 5.79 Å². The minimum Gasteiger partial charge on any atom is -0.497 e. The Labute approximate surface area is 129 Å². The van der Waals surface area contributed by atoms with Crippen LogP contribution in [0.5, 0.6) is 5.75 Å². The molecule has 1 heterocycles. The molecule has 0 bridgehead atoms. The van der Waals surface area contributed by atoms with Gasteiger partial charge in [-0.15, -0.1) is 11.6 Å². The first-order valence-electron chi connectivity index (χ1n) is 7.09. The fourth-order valence-electron chi connectivity index (χ4n) is 2.77. The highest BCUT2D eigenvalue weighted by Gasteiger charge is 2.46. The summed E-state index contributed by atoms with van der Waals surface area (Å²) in [7, 11) is 1.67. The summed E-state index contributed by atoms with van der Waals surface area (Å²) in [5.41, 5.74) is 0.951. The van der Waals surface area contributed by atoms with Crippen LogP contribution in [0.4, 0.5) is 0 Å². The minimum atomic E-state index is -0.866. The van der Waals surface area contributed by atoms with E-state index in [-0.39, 0.29) is 11.5 Å². The van der Waals surface area contributed by atoms with Crippen molar-refractivity contribution in [1.29, 1.82) is 0 Å². The van der Waals surface area contributed by atoms with Gasteiger partial charge in [0, 0.05) is 5.56 Å². The molecule has 0 aliphatic carbocycles. The highest BCUT2D eigenvalue weighted by atomic mass is 35.5. The molecule has 112 valence electrons. The SMILES string of the molecule is COc1ccc2cc([C@]3(C(C)Cl)OCC(C)O3)ccc2c1. The van der Waals surface area contributed by atoms with Gasteiger partial charge >= 0.3 is 0 Å².